The number of phenols is 1. The van der Waals surface area contributed by atoms with Gasteiger partial charge in [0.05, 0.1) is 17.2 Å². The molecule has 36 heavy (non-hydrogen) atoms. The van der Waals surface area contributed by atoms with Crippen molar-refractivity contribution >= 4 is 11.7 Å². The molecule has 0 bridgehead atoms. The van der Waals surface area contributed by atoms with Crippen molar-refractivity contribution in [1.82, 2.24) is 15.3 Å². The number of aromatic hydroxyl groups is 1. The maximum Gasteiger partial charge on any atom is 0.248 e. The summed E-state index contributed by atoms with van der Waals surface area (Å²) in [6, 6.07) is 2.52. The van der Waals surface area contributed by atoms with Crippen molar-refractivity contribution in [3.05, 3.63) is 51.5 Å². The molecule has 4 atom stereocenters. The zero-order valence-electron chi connectivity index (χ0n) is 21.2. The van der Waals surface area contributed by atoms with E-state index in [0.717, 1.165) is 24.2 Å². The van der Waals surface area contributed by atoms with Crippen LogP contribution in [0, 0.1) is 11.8 Å². The Morgan fingerprint density at radius 2 is 1.92 bits per heavy atom. The molecule has 0 heterocycles. The van der Waals surface area contributed by atoms with Gasteiger partial charge in [-0.3, -0.25) is 19.9 Å². The standard InChI is InChI=1S/C26H36N4O6/c1-5-28-30(6-2)12-13-7-8-18(31)20-15(13)9-14-10-17-21(29(3)4)22(32)16(25(27)35)11-26(17,36)24(34)19(14)23(20)33/h7-8,14,17,21,28,31-32,34,36H,5-6,9-12H2,1-4H3,(H2,27,35)/t14-,17-,21-,26-/m0/s1. The van der Waals surface area contributed by atoms with Gasteiger partial charge in [0.1, 0.15) is 22.9 Å². The van der Waals surface area contributed by atoms with E-state index in [1.165, 1.54) is 6.07 Å². The maximum atomic E-state index is 13.7. The lowest BCUT2D eigenvalue weighted by Crippen LogP contribution is -2.59. The van der Waals surface area contributed by atoms with Gasteiger partial charge in [-0.15, -0.1) is 0 Å². The van der Waals surface area contributed by atoms with Gasteiger partial charge in [0.15, 0.2) is 5.78 Å². The third-order valence-electron chi connectivity index (χ3n) is 7.93. The number of phenolic OH excluding ortho intramolecular Hbond substituents is 1. The van der Waals surface area contributed by atoms with Gasteiger partial charge in [0, 0.05) is 37.5 Å². The van der Waals surface area contributed by atoms with Crippen LogP contribution in [-0.2, 0) is 17.8 Å². The van der Waals surface area contributed by atoms with Crippen molar-refractivity contribution in [2.45, 2.75) is 51.3 Å². The highest BCUT2D eigenvalue weighted by molar-refractivity contribution is 6.13. The van der Waals surface area contributed by atoms with Gasteiger partial charge in [-0.1, -0.05) is 19.9 Å². The summed E-state index contributed by atoms with van der Waals surface area (Å²) in [6.07, 6.45) is 0.277. The van der Waals surface area contributed by atoms with E-state index in [1.54, 1.807) is 19.0 Å². The lowest BCUT2D eigenvalue weighted by Gasteiger charge is -2.51. The van der Waals surface area contributed by atoms with Crippen LogP contribution in [0.15, 0.2) is 34.8 Å². The Kier molecular flexibility index (Phi) is 6.91. The van der Waals surface area contributed by atoms with Gasteiger partial charge in [0.25, 0.3) is 0 Å². The average Bonchev–Trinajstić information content (AvgIpc) is 2.81. The fourth-order valence-corrected chi connectivity index (χ4v) is 6.25. The van der Waals surface area contributed by atoms with Gasteiger partial charge in [-0.05, 0) is 50.0 Å². The number of benzene rings is 1. The van der Waals surface area contributed by atoms with Crippen LogP contribution in [-0.4, -0.2) is 80.9 Å². The van der Waals surface area contributed by atoms with Crippen LogP contribution in [0.5, 0.6) is 5.75 Å². The topological polar surface area (TPSA) is 160 Å². The summed E-state index contributed by atoms with van der Waals surface area (Å²) in [5.74, 6) is -3.45. The lowest BCUT2D eigenvalue weighted by molar-refractivity contribution is -0.118. The zero-order chi connectivity index (χ0) is 26.5. The number of amides is 1. The Morgan fingerprint density at radius 3 is 2.50 bits per heavy atom. The molecule has 1 aromatic carbocycles. The van der Waals surface area contributed by atoms with E-state index in [1.807, 2.05) is 24.9 Å². The first-order chi connectivity index (χ1) is 17.0. The van der Waals surface area contributed by atoms with Crippen LogP contribution in [0.25, 0.3) is 0 Å². The fraction of sp³-hybridized carbons (Fsp3) is 0.538. The number of aliphatic hydroxyl groups is 3. The zero-order valence-corrected chi connectivity index (χ0v) is 21.2. The molecular weight excluding hydrogens is 464 g/mol. The number of hydrogen-bond donors (Lipinski definition) is 6. The summed E-state index contributed by atoms with van der Waals surface area (Å²) in [7, 11) is 3.41. The average molecular weight is 501 g/mol. The minimum atomic E-state index is -1.96. The van der Waals surface area contributed by atoms with Crippen molar-refractivity contribution in [2.75, 3.05) is 27.2 Å². The quantitative estimate of drug-likeness (QED) is 0.303. The number of hydrogen-bond acceptors (Lipinski definition) is 9. The van der Waals surface area contributed by atoms with Crippen LogP contribution in [0.2, 0.25) is 0 Å². The molecule has 7 N–H and O–H groups in total. The van der Waals surface area contributed by atoms with E-state index in [9.17, 15) is 30.0 Å². The molecular formula is C26H36N4O6. The predicted octanol–water partition coefficient (Wildman–Crippen LogP) is 1.29. The normalized spacial score (nSPS) is 27.9. The molecule has 0 saturated heterocycles. The number of fused-ring (bicyclic) bond motifs is 3. The molecule has 4 rings (SSSR count). The van der Waals surface area contributed by atoms with Crippen molar-refractivity contribution < 1.29 is 30.0 Å². The SMILES string of the molecule is CCNN(CC)Cc1ccc(O)c2c1C[C@H]1C[C@H]3[C@H](N(C)C)C(O)=C(C(N)=O)C[C@@]3(O)C(O)=C1C2=O. The fourth-order valence-electron chi connectivity index (χ4n) is 6.25. The number of Topliss-reactive ketones (excluding diaryl/α,β-unsaturated/α-hetero) is 1. The summed E-state index contributed by atoms with van der Waals surface area (Å²) in [6.45, 7) is 6.02. The molecule has 10 heteroatoms. The Hall–Kier alpha value is -2.92. The summed E-state index contributed by atoms with van der Waals surface area (Å²) in [5, 5.41) is 46.7. The minimum Gasteiger partial charge on any atom is -0.510 e. The second-order valence-electron chi connectivity index (χ2n) is 10.2. The number of nitrogens with zero attached hydrogens (tertiary/aromatic N) is 2. The van der Waals surface area contributed by atoms with Crippen LogP contribution >= 0.6 is 0 Å². The smallest absolute Gasteiger partial charge is 0.248 e. The van der Waals surface area contributed by atoms with E-state index in [4.69, 9.17) is 5.73 Å². The number of hydrazine groups is 1. The number of ketones is 1. The minimum absolute atomic E-state index is 0.0513. The number of nitrogens with one attached hydrogen (secondary N) is 1. The molecule has 0 aliphatic heterocycles. The van der Waals surface area contributed by atoms with E-state index < -0.39 is 47.3 Å². The summed E-state index contributed by atoms with van der Waals surface area (Å²) in [5.41, 5.74) is 8.44. The highest BCUT2D eigenvalue weighted by Gasteiger charge is 2.58. The third kappa shape index (κ3) is 3.98. The van der Waals surface area contributed by atoms with Gasteiger partial charge >= 0.3 is 0 Å². The number of allylic oxidation sites excluding steroid dienone is 1. The number of rotatable bonds is 7. The number of likely N-dealkylation sites (N-methyl/N-ethyl adjacent to an activating group) is 1. The molecule has 0 fully saturated rings. The van der Waals surface area contributed by atoms with Gasteiger partial charge in [0.2, 0.25) is 5.91 Å². The Balaban J connectivity index is 1.84. The largest absolute Gasteiger partial charge is 0.510 e. The van der Waals surface area contributed by atoms with Gasteiger partial charge in [-0.2, -0.15) is 0 Å². The maximum absolute atomic E-state index is 13.7. The molecule has 10 nitrogen and oxygen atoms in total. The molecule has 1 aromatic rings. The molecule has 0 saturated carbocycles. The molecule has 3 aliphatic carbocycles. The number of primary amides is 1. The summed E-state index contributed by atoms with van der Waals surface area (Å²) >= 11 is 0. The Labute approximate surface area is 210 Å². The van der Waals surface area contributed by atoms with Crippen LogP contribution in [0.3, 0.4) is 0 Å². The molecule has 196 valence electrons. The predicted molar refractivity (Wildman–Crippen MR) is 133 cm³/mol. The lowest BCUT2D eigenvalue weighted by atomic mass is 9.59. The van der Waals surface area contributed by atoms with Crippen LogP contribution in [0.4, 0.5) is 0 Å². The molecule has 0 spiro atoms. The molecule has 0 aromatic heterocycles. The van der Waals surface area contributed by atoms with E-state index in [2.05, 4.69) is 5.43 Å². The Morgan fingerprint density at radius 1 is 1.22 bits per heavy atom. The van der Waals surface area contributed by atoms with Crippen molar-refractivity contribution in [3.63, 3.8) is 0 Å². The monoisotopic (exact) mass is 500 g/mol. The highest BCUT2D eigenvalue weighted by Crippen LogP contribution is 2.53. The summed E-state index contributed by atoms with van der Waals surface area (Å²) in [4.78, 5) is 27.5. The second kappa shape index (κ2) is 9.51. The van der Waals surface area contributed by atoms with E-state index in [-0.39, 0.29) is 28.2 Å². The van der Waals surface area contributed by atoms with E-state index >= 15 is 0 Å². The molecule has 1 amide bonds. The van der Waals surface area contributed by atoms with Crippen molar-refractivity contribution in [3.8, 4) is 5.75 Å². The number of carbonyl (C=O) groups excluding carboxylic acids is 2. The first kappa shape index (κ1) is 26.2. The van der Waals surface area contributed by atoms with Gasteiger partial charge < -0.3 is 26.2 Å². The molecule has 3 aliphatic rings. The third-order valence-corrected chi connectivity index (χ3v) is 7.93. The Bertz CT molecular complexity index is 1160. The van der Waals surface area contributed by atoms with Crippen LogP contribution in [0.1, 0.15) is 48.2 Å². The van der Waals surface area contributed by atoms with E-state index in [0.29, 0.717) is 19.4 Å². The second-order valence-corrected chi connectivity index (χ2v) is 10.2. The molecule has 0 unspecified atom stereocenters. The highest BCUT2D eigenvalue weighted by atomic mass is 16.3. The number of carbonyl (C=O) groups is 2. The van der Waals surface area contributed by atoms with Crippen molar-refractivity contribution in [2.24, 2.45) is 17.6 Å². The first-order valence-electron chi connectivity index (χ1n) is 12.4. The first-order valence-corrected chi connectivity index (χ1v) is 12.4. The van der Waals surface area contributed by atoms with Gasteiger partial charge in [-0.25, -0.2) is 5.01 Å². The number of aliphatic hydroxyl groups excluding tert-OH is 2. The van der Waals surface area contributed by atoms with Crippen LogP contribution < -0.4 is 11.2 Å². The summed E-state index contributed by atoms with van der Waals surface area (Å²) < 4.78 is 0. The number of nitrogens with two attached hydrogens (primary N) is 1. The van der Waals surface area contributed by atoms with Crippen molar-refractivity contribution in [1.29, 1.82) is 0 Å². The molecule has 0 radical (unpaired) electrons.